The van der Waals surface area contributed by atoms with E-state index in [1.807, 2.05) is 32.0 Å². The minimum atomic E-state index is -0.537. The van der Waals surface area contributed by atoms with E-state index in [0.717, 1.165) is 0 Å². The predicted molar refractivity (Wildman–Crippen MR) is 153 cm³/mol. The second-order valence-electron chi connectivity index (χ2n) is 10.5. The van der Waals surface area contributed by atoms with E-state index in [1.165, 1.54) is 12.4 Å². The van der Waals surface area contributed by atoms with Crippen LogP contribution in [0.5, 0.6) is 11.5 Å². The number of benzene rings is 2. The number of ether oxygens (including phenoxy) is 1. The van der Waals surface area contributed by atoms with Crippen LogP contribution in [0.1, 0.15) is 32.7 Å². The molecule has 5 rings (SSSR count). The molecule has 210 valence electrons. The second kappa shape index (κ2) is 11.3. The average Bonchev–Trinajstić information content (AvgIpc) is 3.37. The number of aromatic nitrogens is 4. The average molecular weight is 555 g/mol. The molecule has 0 unspecified atom stereocenters. The lowest BCUT2D eigenvalue weighted by Crippen LogP contribution is -2.42. The van der Waals surface area contributed by atoms with Crippen LogP contribution >= 0.6 is 0 Å². The van der Waals surface area contributed by atoms with Crippen LogP contribution in [0.2, 0.25) is 0 Å². The van der Waals surface area contributed by atoms with Crippen LogP contribution in [0.25, 0.3) is 22.3 Å². The molecule has 41 heavy (non-hydrogen) atoms. The van der Waals surface area contributed by atoms with E-state index in [2.05, 4.69) is 21.4 Å². The van der Waals surface area contributed by atoms with Gasteiger partial charge in [-0.05, 0) is 64.1 Å². The number of likely N-dealkylation sites (tertiary alicyclic amines) is 1. The van der Waals surface area contributed by atoms with Crippen LogP contribution in [0.4, 0.5) is 10.2 Å². The van der Waals surface area contributed by atoms with Crippen molar-refractivity contribution in [3.63, 3.8) is 0 Å². The van der Waals surface area contributed by atoms with E-state index >= 15 is 4.39 Å². The summed E-state index contributed by atoms with van der Waals surface area (Å²) in [6.45, 7) is 4.59. The number of hydrogen-bond donors (Lipinski definition) is 2. The fourth-order valence-electron chi connectivity index (χ4n) is 4.90. The summed E-state index contributed by atoms with van der Waals surface area (Å²) in [7, 11) is 1.77. The number of nitrogens with zero attached hydrogens (tertiary/aromatic N) is 6. The molecule has 1 aliphatic rings. The predicted octanol–water partition coefficient (Wildman–Crippen LogP) is 4.62. The van der Waals surface area contributed by atoms with Gasteiger partial charge >= 0.3 is 0 Å². The van der Waals surface area contributed by atoms with Crippen molar-refractivity contribution in [2.24, 2.45) is 0 Å². The maximum absolute atomic E-state index is 15.5. The summed E-state index contributed by atoms with van der Waals surface area (Å²) in [5.74, 6) is 0.228. The fourth-order valence-corrected chi connectivity index (χ4v) is 4.90. The number of para-hydroxylation sites is 1. The minimum absolute atomic E-state index is 0.0717. The number of nitriles is 1. The Labute approximate surface area is 237 Å². The van der Waals surface area contributed by atoms with Crippen LogP contribution < -0.4 is 15.8 Å². The molecular formula is C30H31FN8O2. The highest BCUT2D eigenvalue weighted by Crippen LogP contribution is 2.36. The molecule has 2 aromatic carbocycles. The molecule has 0 aliphatic carbocycles. The number of carbonyl (C=O) groups excluding carboxylic acids is 1. The zero-order chi connectivity index (χ0) is 29.1. The Morgan fingerprint density at radius 3 is 2.71 bits per heavy atom. The zero-order valence-corrected chi connectivity index (χ0v) is 23.1. The summed E-state index contributed by atoms with van der Waals surface area (Å²) in [4.78, 5) is 23.5. The molecule has 11 heteroatoms. The van der Waals surface area contributed by atoms with Crippen molar-refractivity contribution in [3.05, 3.63) is 72.3 Å². The van der Waals surface area contributed by atoms with Crippen LogP contribution in [0.3, 0.4) is 0 Å². The Hall–Kier alpha value is -4.82. The highest BCUT2D eigenvalue weighted by molar-refractivity contribution is 5.99. The first-order valence-corrected chi connectivity index (χ1v) is 13.3. The zero-order valence-electron chi connectivity index (χ0n) is 23.1. The number of nitrogens with two attached hydrogens (primary N) is 1. The van der Waals surface area contributed by atoms with Gasteiger partial charge in [0.25, 0.3) is 5.91 Å². The van der Waals surface area contributed by atoms with Gasteiger partial charge in [0.1, 0.15) is 46.8 Å². The van der Waals surface area contributed by atoms with E-state index in [0.29, 0.717) is 54.2 Å². The number of likely N-dealkylation sites (N-methyl/N-ethyl adjacent to an activating group) is 1. The van der Waals surface area contributed by atoms with Gasteiger partial charge in [0, 0.05) is 30.3 Å². The molecule has 2 aromatic heterocycles. The number of carbonyl (C=O) groups is 1. The Morgan fingerprint density at radius 2 is 2.00 bits per heavy atom. The third-order valence-electron chi connectivity index (χ3n) is 7.22. The van der Waals surface area contributed by atoms with Crippen molar-refractivity contribution < 1.29 is 13.9 Å². The SMILES string of the molecule is CNC(C)(C)/C=C(/C#N)C(=O)N1CCC[C@H](n2nc(-c3ccc(Oc4ccccc4)cc3F)c3c(N)ncnc32)C1. The molecule has 1 saturated heterocycles. The summed E-state index contributed by atoms with van der Waals surface area (Å²) in [5.41, 5.74) is 6.78. The second-order valence-corrected chi connectivity index (χ2v) is 10.5. The Kier molecular flexibility index (Phi) is 7.68. The Balaban J connectivity index is 1.48. The third-order valence-corrected chi connectivity index (χ3v) is 7.22. The number of hydrogen-bond acceptors (Lipinski definition) is 8. The maximum atomic E-state index is 15.5. The first-order valence-electron chi connectivity index (χ1n) is 13.3. The van der Waals surface area contributed by atoms with Crippen LogP contribution in [-0.4, -0.2) is 56.2 Å². The van der Waals surface area contributed by atoms with E-state index in [1.54, 1.807) is 47.0 Å². The lowest BCUT2D eigenvalue weighted by molar-refractivity contribution is -0.128. The van der Waals surface area contributed by atoms with E-state index in [-0.39, 0.29) is 28.9 Å². The molecule has 0 spiro atoms. The van der Waals surface area contributed by atoms with Gasteiger partial charge in [-0.3, -0.25) is 4.79 Å². The number of nitrogens with one attached hydrogen (secondary N) is 1. The van der Waals surface area contributed by atoms with Crippen LogP contribution in [0, 0.1) is 17.1 Å². The van der Waals surface area contributed by atoms with Crippen molar-refractivity contribution in [2.45, 2.75) is 38.3 Å². The fraction of sp³-hybridized carbons (Fsp3) is 0.300. The topological polar surface area (TPSA) is 135 Å². The lowest BCUT2D eigenvalue weighted by atomic mass is 10.00. The number of amides is 1. The molecule has 3 N–H and O–H groups in total. The van der Waals surface area contributed by atoms with Gasteiger partial charge in [0.05, 0.1) is 11.4 Å². The summed E-state index contributed by atoms with van der Waals surface area (Å²) >= 11 is 0. The normalized spacial score (nSPS) is 16.0. The van der Waals surface area contributed by atoms with Crippen molar-refractivity contribution in [1.82, 2.24) is 30.0 Å². The monoisotopic (exact) mass is 554 g/mol. The van der Waals surface area contributed by atoms with Crippen molar-refractivity contribution in [2.75, 3.05) is 25.9 Å². The van der Waals surface area contributed by atoms with Crippen molar-refractivity contribution >= 4 is 22.8 Å². The first-order chi connectivity index (χ1) is 19.7. The van der Waals surface area contributed by atoms with Crippen molar-refractivity contribution in [3.8, 4) is 28.8 Å². The molecule has 3 heterocycles. The molecule has 1 amide bonds. The molecular weight excluding hydrogens is 523 g/mol. The molecule has 1 atom stereocenters. The Morgan fingerprint density at radius 1 is 1.22 bits per heavy atom. The number of anilines is 1. The molecule has 0 saturated carbocycles. The number of fused-ring (bicyclic) bond motifs is 1. The molecule has 0 bridgehead atoms. The molecule has 10 nitrogen and oxygen atoms in total. The first kappa shape index (κ1) is 27.7. The maximum Gasteiger partial charge on any atom is 0.264 e. The van der Waals surface area contributed by atoms with Gasteiger partial charge in [-0.25, -0.2) is 19.0 Å². The summed E-state index contributed by atoms with van der Waals surface area (Å²) in [6.07, 6.45) is 4.39. The van der Waals surface area contributed by atoms with Gasteiger partial charge in [0.15, 0.2) is 5.65 Å². The van der Waals surface area contributed by atoms with Gasteiger partial charge in [-0.1, -0.05) is 18.2 Å². The highest BCUT2D eigenvalue weighted by Gasteiger charge is 2.31. The molecule has 1 fully saturated rings. The Bertz CT molecular complexity index is 1660. The molecule has 0 radical (unpaired) electrons. The summed E-state index contributed by atoms with van der Waals surface area (Å²) in [5, 5.41) is 18.0. The largest absolute Gasteiger partial charge is 0.457 e. The van der Waals surface area contributed by atoms with Gasteiger partial charge in [-0.2, -0.15) is 10.4 Å². The quantitative estimate of drug-likeness (QED) is 0.250. The number of piperidine rings is 1. The van der Waals surface area contributed by atoms with Crippen molar-refractivity contribution in [1.29, 1.82) is 5.26 Å². The standard InChI is InChI=1S/C30H31FN8O2/c1-30(2,34-3)15-19(16-32)29(40)38-13-7-8-20(17-38)39-28-25(27(33)35-18-36-28)26(37-39)23-12-11-22(14-24(23)31)41-21-9-5-4-6-10-21/h4-6,9-12,14-15,18,20,34H,7-8,13,17H2,1-3H3,(H2,33,35,36)/b19-15-/t20-/m0/s1. The minimum Gasteiger partial charge on any atom is -0.457 e. The van der Waals surface area contributed by atoms with Crippen LogP contribution in [0.15, 0.2) is 66.5 Å². The number of halogens is 1. The summed E-state index contributed by atoms with van der Waals surface area (Å²) < 4.78 is 23.0. The van der Waals surface area contributed by atoms with E-state index < -0.39 is 11.4 Å². The smallest absolute Gasteiger partial charge is 0.264 e. The van der Waals surface area contributed by atoms with Crippen LogP contribution in [-0.2, 0) is 4.79 Å². The lowest BCUT2D eigenvalue weighted by Gasteiger charge is -2.33. The van der Waals surface area contributed by atoms with Gasteiger partial charge in [-0.15, -0.1) is 0 Å². The molecule has 1 aliphatic heterocycles. The number of nitrogen functional groups attached to an aromatic ring is 1. The van der Waals surface area contributed by atoms with E-state index in [9.17, 15) is 10.1 Å². The molecule has 4 aromatic rings. The third kappa shape index (κ3) is 5.73. The summed E-state index contributed by atoms with van der Waals surface area (Å²) in [6, 6.07) is 15.5. The van der Waals surface area contributed by atoms with E-state index in [4.69, 9.17) is 15.6 Å². The number of rotatable bonds is 7. The van der Waals surface area contributed by atoms with Gasteiger partial charge in [0.2, 0.25) is 0 Å². The highest BCUT2D eigenvalue weighted by atomic mass is 19.1. The van der Waals surface area contributed by atoms with Gasteiger partial charge < -0.3 is 20.7 Å².